The molecule has 2 N–H and O–H groups in total. The van der Waals surface area contributed by atoms with Crippen LogP contribution in [0.25, 0.3) is 0 Å². The summed E-state index contributed by atoms with van der Waals surface area (Å²) in [6.07, 6.45) is 5.78. The number of rotatable bonds is 7. The number of hydrogen-bond donors (Lipinski definition) is 2. The van der Waals surface area contributed by atoms with Crippen molar-refractivity contribution in [2.45, 2.75) is 25.5 Å². The van der Waals surface area contributed by atoms with Gasteiger partial charge in [-0.15, -0.1) is 0 Å². The van der Waals surface area contributed by atoms with Crippen molar-refractivity contribution in [1.29, 1.82) is 0 Å². The number of ether oxygens (including phenoxy) is 2. The fourth-order valence-corrected chi connectivity index (χ4v) is 2.77. The van der Waals surface area contributed by atoms with Gasteiger partial charge in [0.15, 0.2) is 0 Å². The van der Waals surface area contributed by atoms with Gasteiger partial charge in [-0.2, -0.15) is 5.10 Å². The van der Waals surface area contributed by atoms with E-state index in [2.05, 4.69) is 15.7 Å². The Hall–Kier alpha value is -2.25. The van der Waals surface area contributed by atoms with E-state index in [1.807, 2.05) is 12.1 Å². The molecule has 1 aliphatic heterocycles. The van der Waals surface area contributed by atoms with Crippen LogP contribution in [-0.2, 0) is 11.3 Å². The SMILES string of the molecule is O=C(NCCOc1cccc(Cl)c1)Nc1cnn(CC2CCCO2)c1. The Bertz CT molecular complexity index is 701. The molecule has 2 amide bonds. The first-order valence-electron chi connectivity index (χ1n) is 8.26. The van der Waals surface area contributed by atoms with E-state index in [9.17, 15) is 4.79 Å². The maximum atomic E-state index is 11.9. The molecule has 1 saturated heterocycles. The molecule has 0 spiro atoms. The molecule has 0 aliphatic carbocycles. The van der Waals surface area contributed by atoms with Gasteiger partial charge in [-0.25, -0.2) is 4.79 Å². The molecule has 0 saturated carbocycles. The van der Waals surface area contributed by atoms with E-state index in [-0.39, 0.29) is 12.1 Å². The molecule has 2 heterocycles. The minimum Gasteiger partial charge on any atom is -0.492 e. The van der Waals surface area contributed by atoms with Crippen molar-refractivity contribution in [3.05, 3.63) is 41.7 Å². The summed E-state index contributed by atoms with van der Waals surface area (Å²) in [7, 11) is 0. The van der Waals surface area contributed by atoms with Gasteiger partial charge in [0, 0.05) is 17.8 Å². The van der Waals surface area contributed by atoms with Crippen molar-refractivity contribution in [3.8, 4) is 5.75 Å². The first kappa shape index (κ1) is 17.6. The Morgan fingerprint density at radius 2 is 2.40 bits per heavy atom. The number of carbonyl (C=O) groups is 1. The lowest BCUT2D eigenvalue weighted by Crippen LogP contribution is -2.32. The summed E-state index contributed by atoms with van der Waals surface area (Å²) in [4.78, 5) is 11.9. The highest BCUT2D eigenvalue weighted by Crippen LogP contribution is 2.17. The van der Waals surface area contributed by atoms with Gasteiger partial charge in [-0.05, 0) is 31.0 Å². The van der Waals surface area contributed by atoms with Gasteiger partial charge in [-0.1, -0.05) is 17.7 Å². The predicted octanol–water partition coefficient (Wildman–Crippen LogP) is 2.92. The molecule has 3 rings (SSSR count). The predicted molar refractivity (Wildman–Crippen MR) is 95.2 cm³/mol. The lowest BCUT2D eigenvalue weighted by molar-refractivity contribution is 0.0940. The van der Waals surface area contributed by atoms with E-state index in [4.69, 9.17) is 21.1 Å². The Labute approximate surface area is 151 Å². The lowest BCUT2D eigenvalue weighted by Gasteiger charge is -2.09. The van der Waals surface area contributed by atoms with E-state index in [0.717, 1.165) is 19.4 Å². The number of amides is 2. The standard InChI is InChI=1S/C17H21ClN4O3/c18-13-3-1-4-15(9-13)25-8-6-19-17(23)21-14-10-20-22(11-14)12-16-5-2-7-24-16/h1,3-4,9-11,16H,2,5-8,12H2,(H2,19,21,23). The van der Waals surface area contributed by atoms with E-state index in [1.165, 1.54) is 0 Å². The zero-order valence-electron chi connectivity index (χ0n) is 13.8. The van der Waals surface area contributed by atoms with Crippen molar-refractivity contribution in [2.75, 3.05) is 25.1 Å². The van der Waals surface area contributed by atoms with Gasteiger partial charge in [0.1, 0.15) is 12.4 Å². The minimum atomic E-state index is -0.300. The van der Waals surface area contributed by atoms with E-state index in [0.29, 0.717) is 36.2 Å². The molecule has 0 radical (unpaired) electrons. The molecule has 2 aromatic rings. The third-order valence-electron chi connectivity index (χ3n) is 3.76. The summed E-state index contributed by atoms with van der Waals surface area (Å²) in [5.74, 6) is 0.671. The third-order valence-corrected chi connectivity index (χ3v) is 3.99. The number of carbonyl (C=O) groups excluding carboxylic acids is 1. The molecule has 1 unspecified atom stereocenters. The summed E-state index contributed by atoms with van der Waals surface area (Å²) < 4.78 is 12.9. The number of halogens is 1. The molecule has 25 heavy (non-hydrogen) atoms. The summed E-state index contributed by atoms with van der Waals surface area (Å²) >= 11 is 5.88. The van der Waals surface area contributed by atoms with Crippen molar-refractivity contribution < 1.29 is 14.3 Å². The molecule has 0 bridgehead atoms. The Kier molecular flexibility index (Phi) is 6.14. The highest BCUT2D eigenvalue weighted by molar-refractivity contribution is 6.30. The van der Waals surface area contributed by atoms with Gasteiger partial charge >= 0.3 is 6.03 Å². The van der Waals surface area contributed by atoms with Crippen LogP contribution in [-0.4, -0.2) is 41.7 Å². The molecule has 1 fully saturated rings. The molecular formula is C17H21ClN4O3. The molecule has 8 heteroatoms. The average Bonchev–Trinajstić information content (AvgIpc) is 3.24. The Morgan fingerprint density at radius 3 is 3.20 bits per heavy atom. The van der Waals surface area contributed by atoms with Gasteiger partial charge in [0.2, 0.25) is 0 Å². The smallest absolute Gasteiger partial charge is 0.319 e. The number of nitrogens with zero attached hydrogens (tertiary/aromatic N) is 2. The number of nitrogens with one attached hydrogen (secondary N) is 2. The molecule has 1 aromatic heterocycles. The van der Waals surface area contributed by atoms with Gasteiger partial charge < -0.3 is 20.1 Å². The number of hydrogen-bond acceptors (Lipinski definition) is 4. The zero-order valence-corrected chi connectivity index (χ0v) is 14.5. The lowest BCUT2D eigenvalue weighted by atomic mass is 10.2. The van der Waals surface area contributed by atoms with Crippen molar-refractivity contribution >= 4 is 23.3 Å². The summed E-state index contributed by atoms with van der Waals surface area (Å²) in [5.41, 5.74) is 0.645. The third kappa shape index (κ3) is 5.65. The normalized spacial score (nSPS) is 16.6. The Morgan fingerprint density at radius 1 is 1.48 bits per heavy atom. The summed E-state index contributed by atoms with van der Waals surface area (Å²) in [6, 6.07) is 6.83. The van der Waals surface area contributed by atoms with Crippen molar-refractivity contribution in [2.24, 2.45) is 0 Å². The first-order valence-corrected chi connectivity index (χ1v) is 8.64. The monoisotopic (exact) mass is 364 g/mol. The maximum absolute atomic E-state index is 11.9. The van der Waals surface area contributed by atoms with E-state index in [1.54, 1.807) is 29.2 Å². The van der Waals surface area contributed by atoms with Crippen LogP contribution in [0.2, 0.25) is 5.02 Å². The van der Waals surface area contributed by atoms with E-state index >= 15 is 0 Å². The first-order chi connectivity index (χ1) is 12.2. The largest absolute Gasteiger partial charge is 0.492 e. The van der Waals surface area contributed by atoms with Gasteiger partial charge in [0.05, 0.1) is 31.1 Å². The van der Waals surface area contributed by atoms with Crippen molar-refractivity contribution in [1.82, 2.24) is 15.1 Å². The molecule has 1 aromatic carbocycles. The zero-order chi connectivity index (χ0) is 17.5. The molecule has 1 atom stereocenters. The van der Waals surface area contributed by atoms with Crippen LogP contribution in [0, 0.1) is 0 Å². The fraction of sp³-hybridized carbons (Fsp3) is 0.412. The maximum Gasteiger partial charge on any atom is 0.319 e. The van der Waals surface area contributed by atoms with Crippen LogP contribution < -0.4 is 15.4 Å². The van der Waals surface area contributed by atoms with Crippen LogP contribution >= 0.6 is 11.6 Å². The summed E-state index contributed by atoms with van der Waals surface area (Å²) in [6.45, 7) is 2.25. The number of benzene rings is 1. The second-order valence-corrected chi connectivity index (χ2v) is 6.21. The van der Waals surface area contributed by atoms with Crippen LogP contribution in [0.1, 0.15) is 12.8 Å². The minimum absolute atomic E-state index is 0.213. The second-order valence-electron chi connectivity index (χ2n) is 5.77. The van der Waals surface area contributed by atoms with Gasteiger partial charge in [-0.3, -0.25) is 4.68 Å². The second kappa shape index (κ2) is 8.73. The highest BCUT2D eigenvalue weighted by atomic mass is 35.5. The highest BCUT2D eigenvalue weighted by Gasteiger charge is 2.16. The average molecular weight is 365 g/mol. The topological polar surface area (TPSA) is 77.4 Å². The van der Waals surface area contributed by atoms with Crippen molar-refractivity contribution in [3.63, 3.8) is 0 Å². The number of urea groups is 1. The molecule has 134 valence electrons. The van der Waals surface area contributed by atoms with E-state index < -0.39 is 0 Å². The van der Waals surface area contributed by atoms with Crippen LogP contribution in [0.3, 0.4) is 0 Å². The molecule has 1 aliphatic rings. The van der Waals surface area contributed by atoms with Gasteiger partial charge in [0.25, 0.3) is 0 Å². The summed E-state index contributed by atoms with van der Waals surface area (Å²) in [5, 5.41) is 10.3. The number of anilines is 1. The molecule has 7 nitrogen and oxygen atoms in total. The molecular weight excluding hydrogens is 344 g/mol. The van der Waals surface area contributed by atoms with Crippen LogP contribution in [0.15, 0.2) is 36.7 Å². The Balaban J connectivity index is 1.35. The number of aromatic nitrogens is 2. The van der Waals surface area contributed by atoms with Crippen LogP contribution in [0.4, 0.5) is 10.5 Å². The van der Waals surface area contributed by atoms with Crippen LogP contribution in [0.5, 0.6) is 5.75 Å². The fourth-order valence-electron chi connectivity index (χ4n) is 2.59. The quantitative estimate of drug-likeness (QED) is 0.740.